The van der Waals surface area contributed by atoms with E-state index in [1.54, 1.807) is 0 Å². The van der Waals surface area contributed by atoms with Crippen LogP contribution in [0.2, 0.25) is 0 Å². The van der Waals surface area contributed by atoms with Crippen molar-refractivity contribution in [2.24, 2.45) is 5.73 Å². The molecule has 32 heavy (non-hydrogen) atoms. The molecule has 0 saturated heterocycles. The Balaban J connectivity index is 1.95. The highest BCUT2D eigenvalue weighted by atomic mass is 16.1. The maximum absolute atomic E-state index is 12.6. The lowest BCUT2D eigenvalue weighted by Crippen LogP contribution is -2.18. The minimum atomic E-state index is -0.377. The first-order valence-electron chi connectivity index (χ1n) is 10.9. The number of hydrogen-bond donors (Lipinski definition) is 2. The van der Waals surface area contributed by atoms with Gasteiger partial charge in [-0.05, 0) is 77.9 Å². The number of H-pyrrole nitrogens is 1. The maximum Gasteiger partial charge on any atom is 0.249 e. The number of carbonyl (C=O) groups is 1. The third-order valence-corrected chi connectivity index (χ3v) is 6.52. The van der Waals surface area contributed by atoms with E-state index in [2.05, 4.69) is 60.2 Å². The van der Waals surface area contributed by atoms with Gasteiger partial charge >= 0.3 is 0 Å². The molecule has 0 spiro atoms. The summed E-state index contributed by atoms with van der Waals surface area (Å²) >= 11 is 0. The molecule has 3 aromatic carbocycles. The predicted molar refractivity (Wildman–Crippen MR) is 132 cm³/mol. The van der Waals surface area contributed by atoms with Gasteiger partial charge in [-0.2, -0.15) is 0 Å². The number of benzene rings is 3. The first-order chi connectivity index (χ1) is 15.5. The largest absolute Gasteiger partial charge is 0.366 e. The van der Waals surface area contributed by atoms with Crippen molar-refractivity contribution in [2.45, 2.75) is 27.2 Å². The molecule has 0 aliphatic rings. The van der Waals surface area contributed by atoms with Crippen molar-refractivity contribution >= 4 is 27.7 Å². The van der Waals surface area contributed by atoms with E-state index in [1.807, 2.05) is 37.5 Å². The normalized spacial score (nSPS) is 11.3. The number of para-hydroxylation sites is 1. The van der Waals surface area contributed by atoms with Crippen LogP contribution in [0.5, 0.6) is 0 Å². The fraction of sp³-hybridized carbons (Fsp3) is 0.143. The number of carbonyl (C=O) groups excluding carboxylic acids is 1. The van der Waals surface area contributed by atoms with Crippen molar-refractivity contribution in [2.75, 3.05) is 0 Å². The summed E-state index contributed by atoms with van der Waals surface area (Å²) in [6.07, 6.45) is 4.56. The van der Waals surface area contributed by atoms with Gasteiger partial charge in [-0.3, -0.25) is 9.78 Å². The van der Waals surface area contributed by atoms with E-state index in [9.17, 15) is 4.79 Å². The zero-order valence-electron chi connectivity index (χ0n) is 18.5. The third kappa shape index (κ3) is 2.99. The number of pyridine rings is 1. The lowest BCUT2D eigenvalue weighted by Gasteiger charge is -2.23. The average molecular weight is 420 g/mol. The summed E-state index contributed by atoms with van der Waals surface area (Å²) in [6.45, 7) is 6.17. The molecule has 0 aliphatic heterocycles. The molecule has 3 N–H and O–H groups in total. The molecule has 0 fully saturated rings. The minimum Gasteiger partial charge on any atom is -0.366 e. The number of nitrogens with one attached hydrogen (secondary N) is 1. The lowest BCUT2D eigenvalue weighted by molar-refractivity contribution is 0.0999. The van der Waals surface area contributed by atoms with E-state index in [4.69, 9.17) is 5.73 Å². The molecule has 0 radical (unpaired) electrons. The first-order valence-corrected chi connectivity index (χ1v) is 10.9. The quantitative estimate of drug-likeness (QED) is 0.357. The molecule has 158 valence electrons. The zero-order chi connectivity index (χ0) is 22.4. The monoisotopic (exact) mass is 419 g/mol. The Labute approximate surface area is 187 Å². The number of rotatable bonds is 4. The standard InChI is InChI=1S/C28H25N3O/c1-4-20-26(28(29)32)17(3)16(2)25(19-11-12-23-18(14-19)8-7-13-30-23)27(20)22-15-31-24-10-6-5-9-21(22)24/h5-15,31H,4H2,1-3H3,(H2,29,32). The topological polar surface area (TPSA) is 71.8 Å². The summed E-state index contributed by atoms with van der Waals surface area (Å²) in [7, 11) is 0. The van der Waals surface area contributed by atoms with Crippen LogP contribution in [-0.2, 0) is 6.42 Å². The summed E-state index contributed by atoms with van der Waals surface area (Å²) < 4.78 is 0. The Kier molecular flexibility index (Phi) is 4.78. The molecule has 5 rings (SSSR count). The molecule has 5 aromatic rings. The highest BCUT2D eigenvalue weighted by molar-refractivity contribution is 6.07. The Hall–Kier alpha value is -3.92. The molecule has 0 atom stereocenters. The number of fused-ring (bicyclic) bond motifs is 2. The van der Waals surface area contributed by atoms with Crippen LogP contribution in [-0.4, -0.2) is 15.9 Å². The van der Waals surface area contributed by atoms with E-state index < -0.39 is 0 Å². The van der Waals surface area contributed by atoms with Crippen molar-refractivity contribution in [1.82, 2.24) is 9.97 Å². The van der Waals surface area contributed by atoms with Crippen molar-refractivity contribution < 1.29 is 4.79 Å². The molecule has 0 saturated carbocycles. The first kappa shape index (κ1) is 20.0. The van der Waals surface area contributed by atoms with Crippen LogP contribution in [0.1, 0.15) is 34.0 Å². The highest BCUT2D eigenvalue weighted by Gasteiger charge is 2.25. The van der Waals surface area contributed by atoms with Gasteiger partial charge in [-0.15, -0.1) is 0 Å². The second-order valence-corrected chi connectivity index (χ2v) is 8.23. The molecule has 0 bridgehead atoms. The van der Waals surface area contributed by atoms with Gasteiger partial charge in [0, 0.05) is 39.8 Å². The lowest BCUT2D eigenvalue weighted by atomic mass is 9.80. The van der Waals surface area contributed by atoms with Crippen molar-refractivity contribution in [3.05, 3.63) is 89.2 Å². The molecule has 0 unspecified atom stereocenters. The Morgan fingerprint density at radius 3 is 2.59 bits per heavy atom. The van der Waals surface area contributed by atoms with Gasteiger partial charge in [0.2, 0.25) is 5.91 Å². The van der Waals surface area contributed by atoms with Gasteiger partial charge in [0.15, 0.2) is 0 Å². The second kappa shape index (κ2) is 7.65. The number of nitrogens with two attached hydrogens (primary N) is 1. The van der Waals surface area contributed by atoms with Crippen LogP contribution in [0.4, 0.5) is 0 Å². The molecule has 2 heterocycles. The summed E-state index contributed by atoms with van der Waals surface area (Å²) in [4.78, 5) is 20.4. The van der Waals surface area contributed by atoms with Gasteiger partial charge in [-0.25, -0.2) is 0 Å². The summed E-state index contributed by atoms with van der Waals surface area (Å²) in [5.74, 6) is -0.377. The van der Waals surface area contributed by atoms with Crippen LogP contribution >= 0.6 is 0 Å². The van der Waals surface area contributed by atoms with Crippen LogP contribution in [0.3, 0.4) is 0 Å². The predicted octanol–water partition coefficient (Wildman–Crippen LogP) is 6.33. The Morgan fingerprint density at radius 1 is 1.00 bits per heavy atom. The van der Waals surface area contributed by atoms with E-state index in [0.29, 0.717) is 12.0 Å². The molecule has 2 aromatic heterocycles. The van der Waals surface area contributed by atoms with E-state index >= 15 is 0 Å². The zero-order valence-corrected chi connectivity index (χ0v) is 18.5. The molecular weight excluding hydrogens is 394 g/mol. The third-order valence-electron chi connectivity index (χ3n) is 6.52. The van der Waals surface area contributed by atoms with Crippen LogP contribution < -0.4 is 5.73 Å². The van der Waals surface area contributed by atoms with Gasteiger partial charge in [-0.1, -0.05) is 37.3 Å². The second-order valence-electron chi connectivity index (χ2n) is 8.23. The number of nitrogens with zero attached hydrogens (tertiary/aromatic N) is 1. The van der Waals surface area contributed by atoms with Crippen molar-refractivity contribution in [1.29, 1.82) is 0 Å². The fourth-order valence-corrected chi connectivity index (χ4v) is 4.92. The van der Waals surface area contributed by atoms with Gasteiger partial charge < -0.3 is 10.7 Å². The van der Waals surface area contributed by atoms with E-state index in [0.717, 1.165) is 60.8 Å². The summed E-state index contributed by atoms with van der Waals surface area (Å²) in [5.41, 5.74) is 16.0. The van der Waals surface area contributed by atoms with E-state index in [1.165, 1.54) is 0 Å². The van der Waals surface area contributed by atoms with Crippen molar-refractivity contribution in [3.63, 3.8) is 0 Å². The number of primary amides is 1. The molecule has 1 amide bonds. The number of aromatic nitrogens is 2. The highest BCUT2D eigenvalue weighted by Crippen LogP contribution is 2.44. The maximum atomic E-state index is 12.6. The summed E-state index contributed by atoms with van der Waals surface area (Å²) in [5, 5.41) is 2.22. The van der Waals surface area contributed by atoms with E-state index in [-0.39, 0.29) is 5.91 Å². The van der Waals surface area contributed by atoms with Gasteiger partial charge in [0.05, 0.1) is 5.52 Å². The Morgan fingerprint density at radius 2 is 1.81 bits per heavy atom. The number of amides is 1. The number of aromatic amines is 1. The smallest absolute Gasteiger partial charge is 0.249 e. The van der Waals surface area contributed by atoms with Gasteiger partial charge in [0.1, 0.15) is 0 Å². The fourth-order valence-electron chi connectivity index (χ4n) is 4.92. The van der Waals surface area contributed by atoms with Gasteiger partial charge in [0.25, 0.3) is 0 Å². The van der Waals surface area contributed by atoms with Crippen LogP contribution in [0.25, 0.3) is 44.1 Å². The minimum absolute atomic E-state index is 0.377. The SMILES string of the molecule is CCc1c(C(N)=O)c(C)c(C)c(-c2ccc3ncccc3c2)c1-c1c[nH]c2ccccc12. The molecule has 0 aliphatic carbocycles. The molecular formula is C28H25N3O. The van der Waals surface area contributed by atoms with Crippen LogP contribution in [0.15, 0.2) is 67.0 Å². The average Bonchev–Trinajstić information content (AvgIpc) is 3.23. The Bertz CT molecular complexity index is 1510. The molecule has 4 heteroatoms. The van der Waals surface area contributed by atoms with Crippen LogP contribution in [0, 0.1) is 13.8 Å². The number of hydrogen-bond acceptors (Lipinski definition) is 2. The summed E-state index contributed by atoms with van der Waals surface area (Å²) in [6, 6.07) is 18.7. The molecule has 4 nitrogen and oxygen atoms in total. The van der Waals surface area contributed by atoms with Crippen molar-refractivity contribution in [3.8, 4) is 22.3 Å².